The van der Waals surface area contributed by atoms with Crippen LogP contribution >= 0.6 is 34.8 Å². The Morgan fingerprint density at radius 2 is 1.91 bits per heavy atom. The molecule has 1 aliphatic heterocycles. The minimum absolute atomic E-state index is 0.0164. The zero-order valence-corrected chi connectivity index (χ0v) is 19.6. The first kappa shape index (κ1) is 21.9. The van der Waals surface area contributed by atoms with Gasteiger partial charge in [0.2, 0.25) is 0 Å². The molecule has 2 heterocycles. The molecule has 168 valence electrons. The second kappa shape index (κ2) is 8.43. The van der Waals surface area contributed by atoms with Crippen molar-refractivity contribution in [1.29, 1.82) is 0 Å². The van der Waals surface area contributed by atoms with Gasteiger partial charge in [0, 0.05) is 54.2 Å². The van der Waals surface area contributed by atoms with E-state index in [-0.39, 0.29) is 23.9 Å². The molecule has 0 radical (unpaired) electrons. The summed E-state index contributed by atoms with van der Waals surface area (Å²) in [6.45, 7) is 1.36. The first-order valence-electron chi connectivity index (χ1n) is 10.4. The Kier molecular flexibility index (Phi) is 5.76. The molecule has 2 aromatic carbocycles. The smallest absolute Gasteiger partial charge is 0.332 e. The van der Waals surface area contributed by atoms with Crippen LogP contribution in [0, 0.1) is 0 Å². The van der Waals surface area contributed by atoms with E-state index in [1.165, 1.54) is 9.13 Å². The van der Waals surface area contributed by atoms with Crippen molar-refractivity contribution in [3.05, 3.63) is 79.4 Å². The second-order valence-electron chi connectivity index (χ2n) is 8.38. The lowest BCUT2D eigenvalue weighted by Crippen LogP contribution is -2.39. The van der Waals surface area contributed by atoms with Crippen molar-refractivity contribution >= 4 is 34.8 Å². The predicted octanol–water partition coefficient (Wildman–Crippen LogP) is 4.25. The molecule has 3 aromatic rings. The molecule has 2 aliphatic rings. The molecule has 3 atom stereocenters. The number of benzene rings is 2. The van der Waals surface area contributed by atoms with Crippen molar-refractivity contribution in [2.24, 2.45) is 7.05 Å². The Labute approximate surface area is 200 Å². The van der Waals surface area contributed by atoms with E-state index in [1.807, 2.05) is 6.07 Å². The molecular weight excluding hydrogens is 473 g/mol. The van der Waals surface area contributed by atoms with Crippen LogP contribution in [0.4, 0.5) is 0 Å². The maximum atomic E-state index is 12.4. The number of halogens is 3. The van der Waals surface area contributed by atoms with Gasteiger partial charge in [-0.25, -0.2) is 4.79 Å². The lowest BCUT2D eigenvalue weighted by Gasteiger charge is -2.30. The summed E-state index contributed by atoms with van der Waals surface area (Å²) in [5, 5.41) is 11.7. The van der Waals surface area contributed by atoms with E-state index in [4.69, 9.17) is 39.5 Å². The van der Waals surface area contributed by atoms with Gasteiger partial charge in [0.1, 0.15) is 11.9 Å². The van der Waals surface area contributed by atoms with Crippen molar-refractivity contribution in [2.75, 3.05) is 13.1 Å². The Balaban J connectivity index is 1.54. The fraction of sp³-hybridized carbons (Fsp3) is 0.348. The summed E-state index contributed by atoms with van der Waals surface area (Å²) >= 11 is 19.4. The van der Waals surface area contributed by atoms with Gasteiger partial charge in [-0.2, -0.15) is 0 Å². The van der Waals surface area contributed by atoms with E-state index >= 15 is 0 Å². The Hall–Kier alpha value is -1.96. The summed E-state index contributed by atoms with van der Waals surface area (Å²) in [4.78, 5) is 14.6. The number of ether oxygens (including phenoxy) is 1. The van der Waals surface area contributed by atoms with E-state index in [9.17, 15) is 9.90 Å². The summed E-state index contributed by atoms with van der Waals surface area (Å²) in [6, 6.07) is 8.89. The molecule has 0 amide bonds. The van der Waals surface area contributed by atoms with Gasteiger partial charge in [-0.15, -0.1) is 0 Å². The third-order valence-corrected chi connectivity index (χ3v) is 7.19. The highest BCUT2D eigenvalue weighted by atomic mass is 35.5. The highest BCUT2D eigenvalue weighted by Crippen LogP contribution is 2.44. The number of fused-ring (bicyclic) bond motifs is 1. The number of aryl methyl sites for hydroxylation is 1. The van der Waals surface area contributed by atoms with Crippen molar-refractivity contribution in [2.45, 2.75) is 31.1 Å². The Bertz CT molecular complexity index is 1240. The third kappa shape index (κ3) is 3.84. The van der Waals surface area contributed by atoms with E-state index in [0.29, 0.717) is 39.5 Å². The summed E-state index contributed by atoms with van der Waals surface area (Å²) in [5.41, 5.74) is 2.42. The second-order valence-corrected chi connectivity index (χ2v) is 9.63. The minimum Gasteiger partial charge on any atom is -0.482 e. The lowest BCUT2D eigenvalue weighted by molar-refractivity contribution is 0.0819. The molecule has 0 spiro atoms. The molecule has 1 fully saturated rings. The standard InChI is InChI=1S/C23H22Cl3N3O3/c1-27-6-7-29(23(27)31)14-2-3-18(25)21(10-14)32-22-17-8-13(24)9-19(26)16(17)11-20(22)28-5-4-15(30)12-28/h2-3,6-10,15,20,22,30H,4-5,11-12H2,1H3/t15-,20+,22+/m1/s1. The first-order valence-corrected chi connectivity index (χ1v) is 11.6. The molecule has 1 aliphatic carbocycles. The quantitative estimate of drug-likeness (QED) is 0.589. The molecule has 5 rings (SSSR count). The molecule has 32 heavy (non-hydrogen) atoms. The molecule has 1 saturated heterocycles. The molecule has 0 bridgehead atoms. The summed E-state index contributed by atoms with van der Waals surface area (Å²) < 4.78 is 9.55. The summed E-state index contributed by atoms with van der Waals surface area (Å²) in [7, 11) is 1.70. The van der Waals surface area contributed by atoms with Gasteiger partial charge in [0.25, 0.3) is 0 Å². The molecule has 6 nitrogen and oxygen atoms in total. The maximum Gasteiger partial charge on any atom is 0.332 e. The Morgan fingerprint density at radius 3 is 2.59 bits per heavy atom. The van der Waals surface area contributed by atoms with Crippen molar-refractivity contribution in [1.82, 2.24) is 14.0 Å². The van der Waals surface area contributed by atoms with Crippen molar-refractivity contribution in [3.63, 3.8) is 0 Å². The lowest BCUT2D eigenvalue weighted by atomic mass is 10.1. The average Bonchev–Trinajstić information content (AvgIpc) is 3.42. The fourth-order valence-electron chi connectivity index (χ4n) is 4.68. The maximum absolute atomic E-state index is 12.4. The zero-order valence-electron chi connectivity index (χ0n) is 17.3. The molecule has 1 aromatic heterocycles. The highest BCUT2D eigenvalue weighted by molar-refractivity contribution is 6.35. The number of hydrogen-bond donors (Lipinski definition) is 1. The number of aliphatic hydroxyl groups excluding tert-OH is 1. The van der Waals surface area contributed by atoms with Crippen LogP contribution in [0.15, 0.2) is 47.5 Å². The Morgan fingerprint density at radius 1 is 1.09 bits per heavy atom. The molecular formula is C23H22Cl3N3O3. The third-order valence-electron chi connectivity index (χ3n) is 6.32. The monoisotopic (exact) mass is 493 g/mol. The van der Waals surface area contributed by atoms with Crippen LogP contribution in [0.3, 0.4) is 0 Å². The molecule has 1 N–H and O–H groups in total. The van der Waals surface area contributed by atoms with Gasteiger partial charge < -0.3 is 14.4 Å². The molecule has 0 saturated carbocycles. The number of rotatable bonds is 4. The largest absolute Gasteiger partial charge is 0.482 e. The van der Waals surface area contributed by atoms with E-state index in [0.717, 1.165) is 24.1 Å². The van der Waals surface area contributed by atoms with Crippen molar-refractivity contribution < 1.29 is 9.84 Å². The average molecular weight is 495 g/mol. The fourth-order valence-corrected chi connectivity index (χ4v) is 5.43. The predicted molar refractivity (Wildman–Crippen MR) is 126 cm³/mol. The number of likely N-dealkylation sites (tertiary alicyclic amines) is 1. The normalized spacial score (nSPS) is 23.0. The van der Waals surface area contributed by atoms with Gasteiger partial charge in [-0.1, -0.05) is 34.8 Å². The number of aliphatic hydroxyl groups is 1. The number of β-amino-alcohol motifs (C(OH)–C–C–N with tert-alkyl or cyclic N) is 1. The van der Waals surface area contributed by atoms with Gasteiger partial charge in [-0.05, 0) is 42.7 Å². The van der Waals surface area contributed by atoms with Gasteiger partial charge in [0.05, 0.1) is 22.9 Å². The number of nitrogens with zero attached hydrogens (tertiary/aromatic N) is 3. The van der Waals surface area contributed by atoms with Crippen LogP contribution < -0.4 is 10.4 Å². The highest BCUT2D eigenvalue weighted by Gasteiger charge is 2.42. The molecule has 0 unspecified atom stereocenters. The number of imidazole rings is 1. The van der Waals surface area contributed by atoms with Crippen molar-refractivity contribution in [3.8, 4) is 11.4 Å². The SMILES string of the molecule is Cn1ccn(-c2ccc(Cl)c(O[C@H]3c4cc(Cl)cc(Cl)c4C[C@@H]3N3CC[C@@H](O)C3)c2)c1=O. The number of hydrogen-bond acceptors (Lipinski definition) is 4. The van der Waals surface area contributed by atoms with E-state index in [1.54, 1.807) is 43.7 Å². The first-order chi connectivity index (χ1) is 15.3. The topological polar surface area (TPSA) is 59.6 Å². The van der Waals surface area contributed by atoms with Crippen LogP contribution in [-0.4, -0.2) is 44.4 Å². The number of aromatic nitrogens is 2. The van der Waals surface area contributed by atoms with Gasteiger partial charge >= 0.3 is 5.69 Å². The van der Waals surface area contributed by atoms with Gasteiger partial charge in [-0.3, -0.25) is 9.47 Å². The zero-order chi connectivity index (χ0) is 22.6. The van der Waals surface area contributed by atoms with E-state index in [2.05, 4.69) is 4.90 Å². The summed E-state index contributed by atoms with van der Waals surface area (Å²) in [6.07, 6.45) is 4.10. The van der Waals surface area contributed by atoms with Crippen LogP contribution in [0.25, 0.3) is 5.69 Å². The van der Waals surface area contributed by atoms with Crippen LogP contribution in [0.1, 0.15) is 23.7 Å². The van der Waals surface area contributed by atoms with Crippen LogP contribution in [-0.2, 0) is 13.5 Å². The minimum atomic E-state index is -0.369. The summed E-state index contributed by atoms with van der Waals surface area (Å²) in [5.74, 6) is 0.471. The van der Waals surface area contributed by atoms with E-state index < -0.39 is 0 Å². The molecule has 9 heteroatoms. The van der Waals surface area contributed by atoms with Gasteiger partial charge in [0.15, 0.2) is 0 Å². The van der Waals surface area contributed by atoms with Crippen LogP contribution in [0.2, 0.25) is 15.1 Å². The van der Waals surface area contributed by atoms with Crippen LogP contribution in [0.5, 0.6) is 5.75 Å².